The Morgan fingerprint density at radius 3 is 2.27 bits per heavy atom. The number of hydrogen-bond donors (Lipinski definition) is 3. The molecule has 0 radical (unpaired) electrons. The molecule has 1 rings (SSSR count). The Balaban J connectivity index is 2.69. The van der Waals surface area contributed by atoms with E-state index < -0.39 is 0 Å². The van der Waals surface area contributed by atoms with Crippen LogP contribution in [0.15, 0.2) is 30.3 Å². The second kappa shape index (κ2) is 9.20. The summed E-state index contributed by atoms with van der Waals surface area (Å²) in [5.41, 5.74) is 6.63. The second-order valence-electron chi connectivity index (χ2n) is 6.00. The summed E-state index contributed by atoms with van der Waals surface area (Å²) in [6.45, 7) is 6.06. The predicted molar refractivity (Wildman–Crippen MR) is 88.1 cm³/mol. The zero-order valence-corrected chi connectivity index (χ0v) is 13.6. The molecular weight excluding hydrogens is 278 g/mol. The Kier molecular flexibility index (Phi) is 7.60. The van der Waals surface area contributed by atoms with Gasteiger partial charge in [0, 0.05) is 19.5 Å². The zero-order chi connectivity index (χ0) is 16.5. The van der Waals surface area contributed by atoms with Crippen molar-refractivity contribution >= 4 is 11.8 Å². The highest BCUT2D eigenvalue weighted by molar-refractivity contribution is 5.79. The molecule has 5 nitrogen and oxygen atoms in total. The van der Waals surface area contributed by atoms with Crippen LogP contribution in [0.2, 0.25) is 0 Å². The van der Waals surface area contributed by atoms with E-state index in [0.717, 1.165) is 12.0 Å². The van der Waals surface area contributed by atoms with Gasteiger partial charge in [-0.15, -0.1) is 0 Å². The molecule has 22 heavy (non-hydrogen) atoms. The van der Waals surface area contributed by atoms with E-state index in [9.17, 15) is 9.59 Å². The summed E-state index contributed by atoms with van der Waals surface area (Å²) in [6, 6.07) is 9.15. The molecule has 1 aromatic carbocycles. The molecule has 5 heteroatoms. The van der Waals surface area contributed by atoms with E-state index in [2.05, 4.69) is 24.5 Å². The summed E-state index contributed by atoms with van der Waals surface area (Å²) in [4.78, 5) is 23.6. The van der Waals surface area contributed by atoms with Crippen LogP contribution >= 0.6 is 0 Å². The van der Waals surface area contributed by atoms with Gasteiger partial charge in [-0.2, -0.15) is 0 Å². The van der Waals surface area contributed by atoms with Crippen LogP contribution in [0.3, 0.4) is 0 Å². The van der Waals surface area contributed by atoms with Crippen molar-refractivity contribution in [2.24, 2.45) is 11.7 Å². The third kappa shape index (κ3) is 6.72. The monoisotopic (exact) mass is 305 g/mol. The van der Waals surface area contributed by atoms with Crippen LogP contribution in [-0.4, -0.2) is 24.4 Å². The van der Waals surface area contributed by atoms with Gasteiger partial charge in [-0.3, -0.25) is 9.59 Å². The van der Waals surface area contributed by atoms with E-state index in [0.29, 0.717) is 12.5 Å². The molecule has 0 bridgehead atoms. The van der Waals surface area contributed by atoms with E-state index >= 15 is 0 Å². The number of hydrogen-bond acceptors (Lipinski definition) is 3. The Morgan fingerprint density at radius 1 is 1.14 bits per heavy atom. The summed E-state index contributed by atoms with van der Waals surface area (Å²) in [5, 5.41) is 5.78. The lowest BCUT2D eigenvalue weighted by Crippen LogP contribution is -2.42. The highest BCUT2D eigenvalue weighted by atomic mass is 16.2. The summed E-state index contributed by atoms with van der Waals surface area (Å²) >= 11 is 0. The molecule has 0 aliphatic heterocycles. The van der Waals surface area contributed by atoms with Gasteiger partial charge in [0.25, 0.3) is 0 Å². The van der Waals surface area contributed by atoms with Gasteiger partial charge in [-0.1, -0.05) is 44.2 Å². The number of carbonyl (C=O) groups excluding carboxylic acids is 2. The number of carbonyl (C=O) groups is 2. The molecule has 0 spiro atoms. The van der Waals surface area contributed by atoms with Crippen LogP contribution in [0.5, 0.6) is 0 Å². The molecule has 0 aliphatic rings. The van der Waals surface area contributed by atoms with Crippen LogP contribution in [0, 0.1) is 5.92 Å². The van der Waals surface area contributed by atoms with Crippen molar-refractivity contribution in [3.05, 3.63) is 35.9 Å². The van der Waals surface area contributed by atoms with Gasteiger partial charge >= 0.3 is 0 Å². The van der Waals surface area contributed by atoms with E-state index in [1.807, 2.05) is 30.3 Å². The molecule has 1 aromatic rings. The van der Waals surface area contributed by atoms with Crippen molar-refractivity contribution in [3.8, 4) is 0 Å². The minimum Gasteiger partial charge on any atom is -0.352 e. The highest BCUT2D eigenvalue weighted by Gasteiger charge is 2.19. The third-order valence-electron chi connectivity index (χ3n) is 3.37. The fourth-order valence-corrected chi connectivity index (χ4v) is 2.44. The average molecular weight is 305 g/mol. The lowest BCUT2D eigenvalue weighted by Gasteiger charge is -2.22. The maximum atomic E-state index is 12.2. The van der Waals surface area contributed by atoms with E-state index in [-0.39, 0.29) is 30.3 Å². The molecule has 0 saturated carbocycles. The molecule has 0 aliphatic carbocycles. The molecule has 122 valence electrons. The normalized spacial score (nSPS) is 13.5. The second-order valence-corrected chi connectivity index (χ2v) is 6.00. The summed E-state index contributed by atoms with van der Waals surface area (Å²) in [6.07, 6.45) is 1.05. The Bertz CT molecular complexity index is 474. The highest BCUT2D eigenvalue weighted by Crippen LogP contribution is 2.16. The first-order chi connectivity index (χ1) is 10.4. The average Bonchev–Trinajstić information content (AvgIpc) is 2.45. The lowest BCUT2D eigenvalue weighted by atomic mass is 10.0. The minimum atomic E-state index is -0.323. The minimum absolute atomic E-state index is 0.0266. The van der Waals surface area contributed by atoms with Crippen LogP contribution in [0.4, 0.5) is 0 Å². The maximum Gasteiger partial charge on any atom is 0.222 e. The van der Waals surface area contributed by atoms with Crippen LogP contribution in [-0.2, 0) is 9.59 Å². The molecule has 2 unspecified atom stereocenters. The summed E-state index contributed by atoms with van der Waals surface area (Å²) in [5.74, 6) is 0.215. The number of amides is 2. The Hall–Kier alpha value is -1.88. The maximum absolute atomic E-state index is 12.2. The van der Waals surface area contributed by atoms with Crippen LogP contribution in [0.25, 0.3) is 0 Å². The topological polar surface area (TPSA) is 84.2 Å². The van der Waals surface area contributed by atoms with Crippen molar-refractivity contribution in [1.82, 2.24) is 10.6 Å². The van der Waals surface area contributed by atoms with Gasteiger partial charge in [0.15, 0.2) is 0 Å². The first-order valence-corrected chi connectivity index (χ1v) is 7.73. The van der Waals surface area contributed by atoms with Gasteiger partial charge in [0.05, 0.1) is 12.5 Å². The first kappa shape index (κ1) is 18.2. The van der Waals surface area contributed by atoms with Crippen molar-refractivity contribution in [1.29, 1.82) is 0 Å². The molecule has 0 heterocycles. The first-order valence-electron chi connectivity index (χ1n) is 7.73. The smallest absolute Gasteiger partial charge is 0.222 e. The Morgan fingerprint density at radius 2 is 1.77 bits per heavy atom. The van der Waals surface area contributed by atoms with E-state index in [1.54, 1.807) is 0 Å². The van der Waals surface area contributed by atoms with Crippen molar-refractivity contribution in [2.75, 3.05) is 6.54 Å². The molecular formula is C17H27N3O2. The summed E-state index contributed by atoms with van der Waals surface area (Å²) in [7, 11) is 0. The number of benzene rings is 1. The fraction of sp³-hybridized carbons (Fsp3) is 0.529. The fourth-order valence-electron chi connectivity index (χ4n) is 2.44. The largest absolute Gasteiger partial charge is 0.352 e. The molecule has 2 atom stereocenters. The number of nitrogens with two attached hydrogens (primary N) is 1. The standard InChI is InChI=1S/C17H27N3O2/c1-12(2)9-15(11-18)20-17(22)10-16(19-13(3)21)14-7-5-4-6-8-14/h4-8,12,15-16H,9-11,18H2,1-3H3,(H,19,21)(H,20,22). The van der Waals surface area contributed by atoms with E-state index in [1.165, 1.54) is 6.92 Å². The number of nitrogens with one attached hydrogen (secondary N) is 2. The lowest BCUT2D eigenvalue weighted by molar-refractivity contribution is -0.123. The van der Waals surface area contributed by atoms with Crippen molar-refractivity contribution < 1.29 is 9.59 Å². The number of rotatable bonds is 8. The van der Waals surface area contributed by atoms with Gasteiger partial charge in [-0.05, 0) is 17.9 Å². The van der Waals surface area contributed by atoms with Crippen LogP contribution in [0.1, 0.15) is 45.2 Å². The molecule has 4 N–H and O–H groups in total. The molecule has 0 fully saturated rings. The molecule has 0 saturated heterocycles. The van der Waals surface area contributed by atoms with Crippen LogP contribution < -0.4 is 16.4 Å². The zero-order valence-electron chi connectivity index (χ0n) is 13.6. The van der Waals surface area contributed by atoms with E-state index in [4.69, 9.17) is 5.73 Å². The predicted octanol–water partition coefficient (Wildman–Crippen LogP) is 1.74. The Labute approximate surface area is 132 Å². The molecule has 0 aromatic heterocycles. The van der Waals surface area contributed by atoms with Crippen molar-refractivity contribution in [2.45, 2.75) is 45.7 Å². The van der Waals surface area contributed by atoms with Crippen molar-refractivity contribution in [3.63, 3.8) is 0 Å². The summed E-state index contributed by atoms with van der Waals surface area (Å²) < 4.78 is 0. The molecule has 2 amide bonds. The van der Waals surface area contributed by atoms with Gasteiger partial charge < -0.3 is 16.4 Å². The van der Waals surface area contributed by atoms with Gasteiger partial charge in [0.2, 0.25) is 11.8 Å². The quantitative estimate of drug-likeness (QED) is 0.684. The van der Waals surface area contributed by atoms with Gasteiger partial charge in [0.1, 0.15) is 0 Å². The SMILES string of the molecule is CC(=O)NC(CC(=O)NC(CN)CC(C)C)c1ccccc1. The van der Waals surface area contributed by atoms with Gasteiger partial charge in [-0.25, -0.2) is 0 Å². The third-order valence-corrected chi connectivity index (χ3v) is 3.37.